The molecule has 3 rings (SSSR count). The first-order valence-corrected chi connectivity index (χ1v) is 10.7. The Balaban J connectivity index is 1.72. The minimum absolute atomic E-state index is 0.0775. The van der Waals surface area contributed by atoms with E-state index in [1.807, 2.05) is 4.90 Å². The average Bonchev–Trinajstić information content (AvgIpc) is 2.81. The number of halogens is 3. The fraction of sp³-hybridized carbons (Fsp3) is 0.455. The highest BCUT2D eigenvalue weighted by atomic mass is 19.4. The van der Waals surface area contributed by atoms with Crippen molar-refractivity contribution < 1.29 is 32.2 Å². The molecule has 12 heteroatoms. The van der Waals surface area contributed by atoms with Gasteiger partial charge in [-0.1, -0.05) is 13.8 Å². The van der Waals surface area contributed by atoms with Crippen molar-refractivity contribution in [2.24, 2.45) is 5.92 Å². The second kappa shape index (κ2) is 11.1. The summed E-state index contributed by atoms with van der Waals surface area (Å²) >= 11 is 0. The minimum atomic E-state index is -4.48. The summed E-state index contributed by atoms with van der Waals surface area (Å²) in [6, 6.07) is 5.88. The number of carbonyl (C=O) groups is 2. The molecule has 2 N–H and O–H groups in total. The SMILES string of the molecule is CC(C)C(=O)Nc1cc(C(=O)NCc2ccc(OCC(F)(F)F)nc2N2CCOCC2)ccn1. The number of anilines is 2. The number of pyridine rings is 2. The first-order chi connectivity index (χ1) is 16.1. The second-order valence-corrected chi connectivity index (χ2v) is 7.89. The fourth-order valence-corrected chi connectivity index (χ4v) is 3.07. The van der Waals surface area contributed by atoms with Gasteiger partial charge >= 0.3 is 6.18 Å². The van der Waals surface area contributed by atoms with E-state index in [2.05, 4.69) is 20.6 Å². The highest BCUT2D eigenvalue weighted by molar-refractivity contribution is 5.96. The number of nitrogens with zero attached hydrogens (tertiary/aromatic N) is 3. The van der Waals surface area contributed by atoms with Crippen LogP contribution in [-0.4, -0.2) is 60.9 Å². The Morgan fingerprint density at radius 2 is 1.94 bits per heavy atom. The Kier molecular flexibility index (Phi) is 8.26. The van der Waals surface area contributed by atoms with Gasteiger partial charge in [-0.15, -0.1) is 0 Å². The van der Waals surface area contributed by atoms with E-state index in [9.17, 15) is 22.8 Å². The Morgan fingerprint density at radius 1 is 1.21 bits per heavy atom. The van der Waals surface area contributed by atoms with E-state index in [0.29, 0.717) is 43.2 Å². The number of nitrogens with one attached hydrogen (secondary N) is 2. The van der Waals surface area contributed by atoms with E-state index in [1.54, 1.807) is 19.9 Å². The quantitative estimate of drug-likeness (QED) is 0.597. The van der Waals surface area contributed by atoms with Crippen molar-refractivity contribution in [1.82, 2.24) is 15.3 Å². The summed E-state index contributed by atoms with van der Waals surface area (Å²) in [6.45, 7) is 4.01. The summed E-state index contributed by atoms with van der Waals surface area (Å²) in [5.41, 5.74) is 0.900. The van der Waals surface area contributed by atoms with Gasteiger partial charge in [0.15, 0.2) is 6.61 Å². The van der Waals surface area contributed by atoms with Crippen LogP contribution in [0.1, 0.15) is 29.8 Å². The van der Waals surface area contributed by atoms with Crippen molar-refractivity contribution in [3.8, 4) is 5.88 Å². The maximum Gasteiger partial charge on any atom is 0.422 e. The van der Waals surface area contributed by atoms with Crippen LogP contribution < -0.4 is 20.3 Å². The van der Waals surface area contributed by atoms with E-state index in [-0.39, 0.29) is 30.1 Å². The third kappa shape index (κ3) is 7.30. The minimum Gasteiger partial charge on any atom is -0.468 e. The van der Waals surface area contributed by atoms with Crippen LogP contribution in [0.25, 0.3) is 0 Å². The first kappa shape index (κ1) is 25.2. The Bertz CT molecular complexity index is 1010. The number of hydrogen-bond acceptors (Lipinski definition) is 7. The van der Waals surface area contributed by atoms with E-state index in [0.717, 1.165) is 0 Å². The number of ether oxygens (including phenoxy) is 2. The van der Waals surface area contributed by atoms with E-state index in [4.69, 9.17) is 9.47 Å². The molecular weight excluding hydrogens is 455 g/mol. The highest BCUT2D eigenvalue weighted by Crippen LogP contribution is 2.25. The van der Waals surface area contributed by atoms with Crippen molar-refractivity contribution in [1.29, 1.82) is 0 Å². The fourth-order valence-electron chi connectivity index (χ4n) is 3.07. The lowest BCUT2D eigenvalue weighted by Gasteiger charge is -2.29. The van der Waals surface area contributed by atoms with Crippen LogP contribution >= 0.6 is 0 Å². The summed E-state index contributed by atoms with van der Waals surface area (Å²) in [6.07, 6.45) is -3.07. The molecule has 1 aliphatic rings. The van der Waals surface area contributed by atoms with E-state index < -0.39 is 18.7 Å². The van der Waals surface area contributed by atoms with Crippen molar-refractivity contribution in [2.75, 3.05) is 43.1 Å². The smallest absolute Gasteiger partial charge is 0.422 e. The molecule has 34 heavy (non-hydrogen) atoms. The molecule has 0 bridgehead atoms. The number of carbonyl (C=O) groups excluding carboxylic acids is 2. The van der Waals surface area contributed by atoms with Gasteiger partial charge < -0.3 is 25.0 Å². The third-order valence-electron chi connectivity index (χ3n) is 4.86. The van der Waals surface area contributed by atoms with Gasteiger partial charge in [0, 0.05) is 48.9 Å². The second-order valence-electron chi connectivity index (χ2n) is 7.89. The predicted molar refractivity (Wildman–Crippen MR) is 118 cm³/mol. The summed E-state index contributed by atoms with van der Waals surface area (Å²) < 4.78 is 47.7. The van der Waals surface area contributed by atoms with Crippen LogP contribution in [-0.2, 0) is 16.1 Å². The summed E-state index contributed by atoms with van der Waals surface area (Å²) in [4.78, 5) is 34.8. The van der Waals surface area contributed by atoms with Gasteiger partial charge in [-0.05, 0) is 18.2 Å². The van der Waals surface area contributed by atoms with Crippen molar-refractivity contribution in [3.63, 3.8) is 0 Å². The maximum absolute atomic E-state index is 12.7. The standard InChI is InChI=1S/C22H26F3N5O4/c1-14(2)20(31)28-17-11-15(5-6-26-17)21(32)27-12-16-3-4-18(34-13-22(23,24)25)29-19(16)30-7-9-33-10-8-30/h3-6,11,14H,7-10,12-13H2,1-2H3,(H,27,32)(H,26,28,31). The van der Waals surface area contributed by atoms with Crippen LogP contribution in [0.15, 0.2) is 30.5 Å². The maximum atomic E-state index is 12.7. The van der Waals surface area contributed by atoms with Gasteiger partial charge in [0.1, 0.15) is 11.6 Å². The molecule has 1 fully saturated rings. The molecule has 0 spiro atoms. The zero-order chi connectivity index (χ0) is 24.7. The lowest BCUT2D eigenvalue weighted by atomic mass is 10.2. The zero-order valence-electron chi connectivity index (χ0n) is 18.8. The molecule has 2 aromatic rings. The molecule has 0 radical (unpaired) electrons. The lowest BCUT2D eigenvalue weighted by Crippen LogP contribution is -2.38. The van der Waals surface area contributed by atoms with Crippen LogP contribution in [0.2, 0.25) is 0 Å². The van der Waals surface area contributed by atoms with Crippen molar-refractivity contribution in [3.05, 3.63) is 41.6 Å². The summed E-state index contributed by atoms with van der Waals surface area (Å²) in [5.74, 6) is -0.356. The molecule has 184 valence electrons. The van der Waals surface area contributed by atoms with E-state index >= 15 is 0 Å². The molecule has 3 heterocycles. The summed E-state index contributed by atoms with van der Waals surface area (Å²) in [7, 11) is 0. The topological polar surface area (TPSA) is 106 Å². The first-order valence-electron chi connectivity index (χ1n) is 10.7. The molecule has 1 aliphatic heterocycles. The predicted octanol–water partition coefficient (Wildman–Crippen LogP) is 2.78. The zero-order valence-corrected chi connectivity index (χ0v) is 18.8. The van der Waals surface area contributed by atoms with Crippen molar-refractivity contribution >= 4 is 23.5 Å². The molecular formula is C22H26F3N5O4. The highest BCUT2D eigenvalue weighted by Gasteiger charge is 2.29. The number of aromatic nitrogens is 2. The van der Waals surface area contributed by atoms with Gasteiger partial charge in [0.2, 0.25) is 11.8 Å². The molecule has 0 aromatic carbocycles. The normalized spacial score (nSPS) is 14.1. The molecule has 0 atom stereocenters. The average molecular weight is 481 g/mol. The number of amides is 2. The number of alkyl halides is 3. The number of rotatable bonds is 8. The molecule has 2 amide bonds. The third-order valence-corrected chi connectivity index (χ3v) is 4.86. The summed E-state index contributed by atoms with van der Waals surface area (Å²) in [5, 5.41) is 5.41. The van der Waals surface area contributed by atoms with Crippen LogP contribution in [0.4, 0.5) is 24.8 Å². The van der Waals surface area contributed by atoms with Gasteiger partial charge in [-0.2, -0.15) is 18.2 Å². The molecule has 0 unspecified atom stereocenters. The number of morpholine rings is 1. The molecule has 0 saturated carbocycles. The largest absolute Gasteiger partial charge is 0.468 e. The Morgan fingerprint density at radius 3 is 2.62 bits per heavy atom. The number of hydrogen-bond donors (Lipinski definition) is 2. The molecule has 0 aliphatic carbocycles. The monoisotopic (exact) mass is 481 g/mol. The van der Waals surface area contributed by atoms with Gasteiger partial charge in [-0.25, -0.2) is 4.98 Å². The Hall–Kier alpha value is -3.41. The van der Waals surface area contributed by atoms with Gasteiger partial charge in [0.25, 0.3) is 5.91 Å². The molecule has 1 saturated heterocycles. The van der Waals surface area contributed by atoms with Crippen LogP contribution in [0.3, 0.4) is 0 Å². The van der Waals surface area contributed by atoms with E-state index in [1.165, 1.54) is 24.4 Å². The lowest BCUT2D eigenvalue weighted by molar-refractivity contribution is -0.154. The Labute approximate surface area is 194 Å². The van der Waals surface area contributed by atoms with Gasteiger partial charge in [0.05, 0.1) is 13.2 Å². The van der Waals surface area contributed by atoms with Crippen LogP contribution in [0.5, 0.6) is 5.88 Å². The van der Waals surface area contributed by atoms with Crippen LogP contribution in [0, 0.1) is 5.92 Å². The van der Waals surface area contributed by atoms with Gasteiger partial charge in [-0.3, -0.25) is 9.59 Å². The van der Waals surface area contributed by atoms with Crippen molar-refractivity contribution in [2.45, 2.75) is 26.6 Å². The molecule has 2 aromatic heterocycles. The molecule has 9 nitrogen and oxygen atoms in total.